The highest BCUT2D eigenvalue weighted by Gasteiger charge is 2.25. The van der Waals surface area contributed by atoms with Gasteiger partial charge in [-0.2, -0.15) is 0 Å². The summed E-state index contributed by atoms with van der Waals surface area (Å²) in [7, 11) is 3.90. The number of aryl methyl sites for hydroxylation is 1. The van der Waals surface area contributed by atoms with Crippen molar-refractivity contribution in [3.05, 3.63) is 26.6 Å². The molecule has 1 aliphatic carbocycles. The third kappa shape index (κ3) is 3.94. The van der Waals surface area contributed by atoms with Gasteiger partial charge in [0.1, 0.15) is 17.2 Å². The summed E-state index contributed by atoms with van der Waals surface area (Å²) in [4.78, 5) is 36.8. The molecule has 0 spiro atoms. The zero-order valence-electron chi connectivity index (χ0n) is 17.0. The van der Waals surface area contributed by atoms with Gasteiger partial charge in [-0.15, -0.1) is 11.3 Å². The topological polar surface area (TPSA) is 58.4 Å². The first-order valence-corrected chi connectivity index (χ1v) is 10.6. The number of carbonyl (C=O) groups excluding carboxylic acids is 1. The molecular weight excluding hydrogens is 360 g/mol. The Bertz CT molecular complexity index is 895. The summed E-state index contributed by atoms with van der Waals surface area (Å²) in [6.07, 6.45) is 3.07. The lowest BCUT2D eigenvalue weighted by atomic mass is 9.89. The van der Waals surface area contributed by atoms with Gasteiger partial charge in [0.25, 0.3) is 5.56 Å². The predicted octanol–water partition coefficient (Wildman–Crippen LogP) is 2.51. The van der Waals surface area contributed by atoms with Gasteiger partial charge >= 0.3 is 0 Å². The van der Waals surface area contributed by atoms with Gasteiger partial charge in [0, 0.05) is 18.0 Å². The SMILES string of the molecule is CCN(CC)C(=O)Cn1c(CN(C)C)nc2sc3c(c2c1=O)CCC(C)C3. The van der Waals surface area contributed by atoms with Gasteiger partial charge in [0.05, 0.1) is 11.9 Å². The number of fused-ring (bicyclic) bond motifs is 3. The van der Waals surface area contributed by atoms with Crippen LogP contribution in [0.15, 0.2) is 4.79 Å². The lowest BCUT2D eigenvalue weighted by molar-refractivity contribution is -0.131. The molecule has 2 aromatic rings. The summed E-state index contributed by atoms with van der Waals surface area (Å²) in [5, 5.41) is 0.747. The minimum Gasteiger partial charge on any atom is -0.342 e. The van der Waals surface area contributed by atoms with Crippen LogP contribution in [0.3, 0.4) is 0 Å². The van der Waals surface area contributed by atoms with E-state index in [1.54, 1.807) is 20.8 Å². The van der Waals surface area contributed by atoms with Gasteiger partial charge in [0.2, 0.25) is 5.91 Å². The number of hydrogen-bond donors (Lipinski definition) is 0. The van der Waals surface area contributed by atoms with Gasteiger partial charge in [-0.3, -0.25) is 14.2 Å². The third-order valence-corrected chi connectivity index (χ3v) is 6.51. The molecule has 7 heteroatoms. The summed E-state index contributed by atoms with van der Waals surface area (Å²) < 4.78 is 1.61. The van der Waals surface area contributed by atoms with Gasteiger partial charge in [-0.05, 0) is 58.7 Å². The van der Waals surface area contributed by atoms with Crippen LogP contribution in [-0.4, -0.2) is 52.4 Å². The smallest absolute Gasteiger partial charge is 0.263 e. The van der Waals surface area contributed by atoms with Crippen molar-refractivity contribution in [2.24, 2.45) is 5.92 Å². The molecule has 1 unspecified atom stereocenters. The molecule has 0 bridgehead atoms. The fraction of sp³-hybridized carbons (Fsp3) is 0.650. The van der Waals surface area contributed by atoms with Crippen molar-refractivity contribution < 1.29 is 4.79 Å². The van der Waals surface area contributed by atoms with E-state index in [9.17, 15) is 9.59 Å². The fourth-order valence-electron chi connectivity index (χ4n) is 3.84. The molecule has 0 saturated heterocycles. The van der Waals surface area contributed by atoms with Gasteiger partial charge in [-0.25, -0.2) is 4.98 Å². The highest BCUT2D eigenvalue weighted by molar-refractivity contribution is 7.18. The van der Waals surface area contributed by atoms with E-state index >= 15 is 0 Å². The predicted molar refractivity (Wildman–Crippen MR) is 110 cm³/mol. The van der Waals surface area contributed by atoms with Crippen LogP contribution in [0.2, 0.25) is 0 Å². The van der Waals surface area contributed by atoms with Crippen LogP contribution in [0.1, 0.15) is 43.5 Å². The first kappa shape index (κ1) is 20.0. The van der Waals surface area contributed by atoms with Crippen molar-refractivity contribution in [1.29, 1.82) is 0 Å². The average Bonchev–Trinajstić information content (AvgIpc) is 2.96. The van der Waals surface area contributed by atoms with E-state index in [-0.39, 0.29) is 18.0 Å². The maximum atomic E-state index is 13.4. The van der Waals surface area contributed by atoms with Crippen molar-refractivity contribution in [2.45, 2.75) is 53.1 Å². The Labute approximate surface area is 164 Å². The van der Waals surface area contributed by atoms with Gasteiger partial charge in [0.15, 0.2) is 0 Å². The van der Waals surface area contributed by atoms with Crippen LogP contribution in [0.25, 0.3) is 10.2 Å². The highest BCUT2D eigenvalue weighted by Crippen LogP contribution is 2.35. The Hall–Kier alpha value is -1.73. The van der Waals surface area contributed by atoms with Crippen LogP contribution in [0, 0.1) is 5.92 Å². The number of likely N-dealkylation sites (N-methyl/N-ethyl adjacent to an activating group) is 1. The van der Waals surface area contributed by atoms with Crippen molar-refractivity contribution >= 4 is 27.5 Å². The van der Waals surface area contributed by atoms with Crippen LogP contribution in [0.5, 0.6) is 0 Å². The van der Waals surface area contributed by atoms with Crippen LogP contribution in [-0.2, 0) is 30.7 Å². The number of amides is 1. The van der Waals surface area contributed by atoms with Crippen molar-refractivity contribution in [3.8, 4) is 0 Å². The molecule has 0 aromatic carbocycles. The largest absolute Gasteiger partial charge is 0.342 e. The van der Waals surface area contributed by atoms with Gasteiger partial charge < -0.3 is 9.80 Å². The summed E-state index contributed by atoms with van der Waals surface area (Å²) in [5.41, 5.74) is 1.12. The molecule has 6 nitrogen and oxygen atoms in total. The van der Waals surface area contributed by atoms with E-state index in [0.717, 1.165) is 29.5 Å². The molecule has 148 valence electrons. The van der Waals surface area contributed by atoms with E-state index in [1.165, 1.54) is 10.4 Å². The second kappa shape index (κ2) is 8.10. The summed E-state index contributed by atoms with van der Waals surface area (Å²) in [6.45, 7) is 8.08. The van der Waals surface area contributed by atoms with Crippen molar-refractivity contribution in [3.63, 3.8) is 0 Å². The lowest BCUT2D eigenvalue weighted by Crippen LogP contribution is -2.38. The molecule has 0 fully saturated rings. The molecule has 0 N–H and O–H groups in total. The molecule has 0 saturated carbocycles. The second-order valence-corrected chi connectivity index (χ2v) is 8.84. The van der Waals surface area contributed by atoms with Gasteiger partial charge in [-0.1, -0.05) is 6.92 Å². The highest BCUT2D eigenvalue weighted by atomic mass is 32.1. The molecule has 27 heavy (non-hydrogen) atoms. The number of thiophene rings is 1. The lowest BCUT2D eigenvalue weighted by Gasteiger charge is -2.21. The number of rotatable bonds is 6. The summed E-state index contributed by atoms with van der Waals surface area (Å²) in [6, 6.07) is 0. The molecule has 0 radical (unpaired) electrons. The Morgan fingerprint density at radius 3 is 2.63 bits per heavy atom. The number of hydrogen-bond acceptors (Lipinski definition) is 5. The van der Waals surface area contributed by atoms with E-state index in [1.807, 2.05) is 32.8 Å². The zero-order valence-corrected chi connectivity index (χ0v) is 17.9. The van der Waals surface area contributed by atoms with E-state index in [0.29, 0.717) is 31.4 Å². The quantitative estimate of drug-likeness (QED) is 0.760. The average molecular weight is 391 g/mol. The van der Waals surface area contributed by atoms with Crippen LogP contribution in [0.4, 0.5) is 0 Å². The zero-order chi connectivity index (χ0) is 19.7. The molecule has 1 aliphatic rings. The Morgan fingerprint density at radius 2 is 2.00 bits per heavy atom. The van der Waals surface area contributed by atoms with Crippen molar-refractivity contribution in [1.82, 2.24) is 19.4 Å². The van der Waals surface area contributed by atoms with E-state index in [4.69, 9.17) is 4.98 Å². The molecule has 2 aromatic heterocycles. The van der Waals surface area contributed by atoms with Crippen molar-refractivity contribution in [2.75, 3.05) is 27.2 Å². The fourth-order valence-corrected chi connectivity index (χ4v) is 5.24. The standard InChI is InChI=1S/C20H30N4O2S/c1-6-23(7-2)17(25)12-24-16(11-22(4)5)21-19-18(20(24)26)14-9-8-13(3)10-15(14)27-19/h13H,6-12H2,1-5H3. The van der Waals surface area contributed by atoms with Crippen LogP contribution >= 0.6 is 11.3 Å². The maximum absolute atomic E-state index is 13.4. The molecule has 2 heterocycles. The molecular formula is C20H30N4O2S. The van der Waals surface area contributed by atoms with Crippen LogP contribution < -0.4 is 5.56 Å². The number of carbonyl (C=O) groups is 1. The number of aromatic nitrogens is 2. The first-order chi connectivity index (χ1) is 12.8. The Balaban J connectivity index is 2.13. The first-order valence-electron chi connectivity index (χ1n) is 9.82. The second-order valence-electron chi connectivity index (χ2n) is 7.76. The summed E-state index contributed by atoms with van der Waals surface area (Å²) >= 11 is 1.66. The Morgan fingerprint density at radius 1 is 1.30 bits per heavy atom. The molecule has 1 amide bonds. The molecule has 3 rings (SSSR count). The Kier molecular flexibility index (Phi) is 6.01. The monoisotopic (exact) mass is 390 g/mol. The van der Waals surface area contributed by atoms with E-state index < -0.39 is 0 Å². The molecule has 1 atom stereocenters. The molecule has 0 aliphatic heterocycles. The minimum absolute atomic E-state index is 0.0269. The maximum Gasteiger partial charge on any atom is 0.263 e. The summed E-state index contributed by atoms with van der Waals surface area (Å²) in [5.74, 6) is 1.30. The number of nitrogens with zero attached hydrogens (tertiary/aromatic N) is 4. The normalized spacial score (nSPS) is 16.7. The minimum atomic E-state index is -0.0515. The third-order valence-electron chi connectivity index (χ3n) is 5.36. The van der Waals surface area contributed by atoms with E-state index in [2.05, 4.69) is 6.92 Å².